The van der Waals surface area contributed by atoms with Gasteiger partial charge in [-0.25, -0.2) is 0 Å². The predicted molar refractivity (Wildman–Crippen MR) is 78.9 cm³/mol. The van der Waals surface area contributed by atoms with Gasteiger partial charge in [-0.1, -0.05) is 0 Å². The molecule has 21 heavy (non-hydrogen) atoms. The lowest BCUT2D eigenvalue weighted by Gasteiger charge is -2.15. The first kappa shape index (κ1) is 15.2. The topological polar surface area (TPSA) is 114 Å². The summed E-state index contributed by atoms with van der Waals surface area (Å²) < 4.78 is 0. The molecule has 0 heterocycles. The number of anilines is 1. The fourth-order valence-electron chi connectivity index (χ4n) is 2.11. The Labute approximate surface area is 122 Å². The molecule has 1 aromatic rings. The minimum absolute atomic E-state index is 0.00419. The van der Waals surface area contributed by atoms with Crippen molar-refractivity contribution in [1.29, 1.82) is 0 Å². The van der Waals surface area contributed by atoms with Gasteiger partial charge >= 0.3 is 0 Å². The molecule has 1 aliphatic rings. The maximum absolute atomic E-state index is 12.1. The van der Waals surface area contributed by atoms with Crippen LogP contribution in [0.5, 0.6) is 0 Å². The molecule has 0 aliphatic heterocycles. The van der Waals surface area contributed by atoms with Gasteiger partial charge in [0.25, 0.3) is 11.6 Å². The number of benzene rings is 1. The van der Waals surface area contributed by atoms with Crippen molar-refractivity contribution < 1.29 is 9.72 Å². The molecule has 0 radical (unpaired) electrons. The van der Waals surface area contributed by atoms with Gasteiger partial charge in [0.05, 0.1) is 4.92 Å². The van der Waals surface area contributed by atoms with E-state index in [4.69, 9.17) is 5.84 Å². The minimum Gasteiger partial charge on any atom is -0.351 e. The first-order valence-electron chi connectivity index (χ1n) is 6.76. The Morgan fingerprint density at radius 3 is 2.81 bits per heavy atom. The number of hydrazine groups is 1. The van der Waals surface area contributed by atoms with Crippen LogP contribution in [0, 0.1) is 10.1 Å². The van der Waals surface area contributed by atoms with Crippen molar-refractivity contribution >= 4 is 17.3 Å². The third-order valence-electron chi connectivity index (χ3n) is 3.52. The molecule has 1 fully saturated rings. The Bertz CT molecular complexity index is 545. The Hall–Kier alpha value is -2.19. The number of likely N-dealkylation sites (N-methyl/N-ethyl adjacent to an activating group) is 1. The average molecular weight is 293 g/mol. The molecule has 8 nitrogen and oxygen atoms in total. The van der Waals surface area contributed by atoms with E-state index in [0.717, 1.165) is 6.54 Å². The number of nitrogen functional groups attached to an aromatic ring is 1. The van der Waals surface area contributed by atoms with E-state index >= 15 is 0 Å². The molecule has 1 saturated carbocycles. The molecule has 2 rings (SSSR count). The molecule has 1 aliphatic carbocycles. The van der Waals surface area contributed by atoms with Crippen LogP contribution in [0.1, 0.15) is 23.2 Å². The third-order valence-corrected chi connectivity index (χ3v) is 3.52. The van der Waals surface area contributed by atoms with E-state index in [-0.39, 0.29) is 11.3 Å². The highest BCUT2D eigenvalue weighted by molar-refractivity contribution is 5.99. The average Bonchev–Trinajstić information content (AvgIpc) is 3.30. The number of nitrogens with one attached hydrogen (secondary N) is 2. The van der Waals surface area contributed by atoms with Gasteiger partial charge in [-0.05, 0) is 32.0 Å². The predicted octanol–water partition coefficient (Wildman–Crippen LogP) is 0.704. The molecule has 0 atom stereocenters. The highest BCUT2D eigenvalue weighted by atomic mass is 16.6. The molecular weight excluding hydrogens is 274 g/mol. The van der Waals surface area contributed by atoms with Gasteiger partial charge in [-0.2, -0.15) is 0 Å². The number of hydrogen-bond donors (Lipinski definition) is 3. The highest BCUT2D eigenvalue weighted by Gasteiger charge is 2.26. The van der Waals surface area contributed by atoms with Gasteiger partial charge in [-0.3, -0.25) is 20.8 Å². The van der Waals surface area contributed by atoms with Crippen molar-refractivity contribution in [3.8, 4) is 0 Å². The van der Waals surface area contributed by atoms with E-state index in [9.17, 15) is 14.9 Å². The minimum atomic E-state index is -0.578. The number of nitro benzene ring substituents is 1. The van der Waals surface area contributed by atoms with Crippen LogP contribution in [0.3, 0.4) is 0 Å². The second kappa shape index (κ2) is 6.51. The van der Waals surface area contributed by atoms with E-state index in [1.165, 1.54) is 31.0 Å². The Balaban J connectivity index is 2.00. The van der Waals surface area contributed by atoms with Crippen LogP contribution in [0.15, 0.2) is 18.2 Å². The van der Waals surface area contributed by atoms with Crippen molar-refractivity contribution in [2.75, 3.05) is 25.6 Å². The summed E-state index contributed by atoms with van der Waals surface area (Å²) in [4.78, 5) is 24.7. The molecular formula is C13H19N5O3. The Kier molecular flexibility index (Phi) is 4.71. The number of hydrogen-bond acceptors (Lipinski definition) is 6. The highest BCUT2D eigenvalue weighted by Crippen LogP contribution is 2.25. The van der Waals surface area contributed by atoms with Crippen LogP contribution < -0.4 is 16.6 Å². The molecule has 0 bridgehead atoms. The second-order valence-electron chi connectivity index (χ2n) is 5.10. The van der Waals surface area contributed by atoms with Gasteiger partial charge in [-0.15, -0.1) is 0 Å². The number of nitro groups is 1. The number of rotatable bonds is 7. The lowest BCUT2D eigenvalue weighted by atomic mass is 10.1. The number of amides is 1. The molecule has 1 amide bonds. The summed E-state index contributed by atoms with van der Waals surface area (Å²) in [7, 11) is 2.01. The van der Waals surface area contributed by atoms with Gasteiger partial charge < -0.3 is 15.6 Å². The van der Waals surface area contributed by atoms with E-state index < -0.39 is 10.8 Å². The summed E-state index contributed by atoms with van der Waals surface area (Å²) >= 11 is 0. The molecule has 4 N–H and O–H groups in total. The summed E-state index contributed by atoms with van der Waals surface area (Å²) in [5.41, 5.74) is 2.59. The van der Waals surface area contributed by atoms with Crippen LogP contribution >= 0.6 is 0 Å². The second-order valence-corrected chi connectivity index (χ2v) is 5.10. The Morgan fingerprint density at radius 1 is 1.52 bits per heavy atom. The first-order chi connectivity index (χ1) is 10.0. The summed E-state index contributed by atoms with van der Waals surface area (Å²) in [5.74, 6) is 4.80. The SMILES string of the molecule is CN(CCNC(=O)c1cc(NN)ccc1[N+](=O)[O-])C1CC1. The van der Waals surface area contributed by atoms with Crippen LogP contribution in [-0.2, 0) is 0 Å². The van der Waals surface area contributed by atoms with Gasteiger partial charge in [0.2, 0.25) is 0 Å². The zero-order valence-corrected chi connectivity index (χ0v) is 11.8. The lowest BCUT2D eigenvalue weighted by Crippen LogP contribution is -2.34. The van der Waals surface area contributed by atoms with Crippen LogP contribution in [0.4, 0.5) is 11.4 Å². The standard InChI is InChI=1S/C13H19N5O3/c1-17(10-3-4-10)7-6-15-13(19)11-8-9(16-14)2-5-12(11)18(20)21/h2,5,8,10,16H,3-4,6-7,14H2,1H3,(H,15,19). The van der Waals surface area contributed by atoms with E-state index in [2.05, 4.69) is 15.6 Å². The summed E-state index contributed by atoms with van der Waals surface area (Å²) in [6.07, 6.45) is 2.39. The van der Waals surface area contributed by atoms with Crippen molar-refractivity contribution in [2.24, 2.45) is 5.84 Å². The van der Waals surface area contributed by atoms with Crippen LogP contribution in [-0.4, -0.2) is 41.9 Å². The quantitative estimate of drug-likeness (QED) is 0.387. The van der Waals surface area contributed by atoms with Crippen molar-refractivity contribution in [3.05, 3.63) is 33.9 Å². The summed E-state index contributed by atoms with van der Waals surface area (Å²) in [6, 6.07) is 4.70. The molecule has 0 aromatic heterocycles. The van der Waals surface area contributed by atoms with Gasteiger partial charge in [0, 0.05) is 30.9 Å². The first-order valence-corrected chi connectivity index (χ1v) is 6.76. The molecule has 114 valence electrons. The zero-order chi connectivity index (χ0) is 15.4. The van der Waals surface area contributed by atoms with Crippen molar-refractivity contribution in [2.45, 2.75) is 18.9 Å². The van der Waals surface area contributed by atoms with Crippen molar-refractivity contribution in [3.63, 3.8) is 0 Å². The van der Waals surface area contributed by atoms with E-state index in [0.29, 0.717) is 18.3 Å². The fraction of sp³-hybridized carbons (Fsp3) is 0.462. The van der Waals surface area contributed by atoms with Crippen molar-refractivity contribution in [1.82, 2.24) is 10.2 Å². The fourth-order valence-corrected chi connectivity index (χ4v) is 2.11. The van der Waals surface area contributed by atoms with E-state index in [1.54, 1.807) is 0 Å². The molecule has 1 aromatic carbocycles. The smallest absolute Gasteiger partial charge is 0.282 e. The summed E-state index contributed by atoms with van der Waals surface area (Å²) in [5, 5.41) is 13.7. The van der Waals surface area contributed by atoms with Gasteiger partial charge in [0.15, 0.2) is 0 Å². The monoisotopic (exact) mass is 293 g/mol. The third kappa shape index (κ3) is 3.89. The number of nitrogens with two attached hydrogens (primary N) is 1. The van der Waals surface area contributed by atoms with E-state index in [1.807, 2.05) is 7.05 Å². The normalized spacial score (nSPS) is 14.0. The Morgan fingerprint density at radius 2 is 2.24 bits per heavy atom. The number of carbonyl (C=O) groups is 1. The lowest BCUT2D eigenvalue weighted by molar-refractivity contribution is -0.385. The maximum Gasteiger partial charge on any atom is 0.282 e. The molecule has 0 saturated heterocycles. The number of carbonyl (C=O) groups excluding carboxylic acids is 1. The van der Waals surface area contributed by atoms with Crippen LogP contribution in [0.25, 0.3) is 0 Å². The zero-order valence-electron chi connectivity index (χ0n) is 11.8. The maximum atomic E-state index is 12.1. The number of nitrogens with zero attached hydrogens (tertiary/aromatic N) is 2. The largest absolute Gasteiger partial charge is 0.351 e. The van der Waals surface area contributed by atoms with Crippen LogP contribution in [0.2, 0.25) is 0 Å². The molecule has 0 unspecified atom stereocenters. The molecule has 8 heteroatoms. The molecule has 0 spiro atoms. The van der Waals surface area contributed by atoms with Gasteiger partial charge in [0.1, 0.15) is 5.56 Å². The summed E-state index contributed by atoms with van der Waals surface area (Å²) in [6.45, 7) is 1.17.